The minimum Gasteiger partial charge on any atom is -0.351 e. The monoisotopic (exact) mass is 425 g/mol. The smallest absolute Gasteiger partial charge is 0.247 e. The molecular weight excluding hydrogens is 397 g/mol. The van der Waals surface area contributed by atoms with Gasteiger partial charge in [0.2, 0.25) is 21.8 Å². The number of carbonyl (C=O) groups excluding carboxylic acids is 2. The van der Waals surface area contributed by atoms with Crippen LogP contribution in [0.3, 0.4) is 0 Å². The lowest BCUT2D eigenvalue weighted by atomic mass is 9.93. The van der Waals surface area contributed by atoms with E-state index in [4.69, 9.17) is 0 Å². The van der Waals surface area contributed by atoms with Gasteiger partial charge in [-0.05, 0) is 44.0 Å². The Labute approximate surface area is 171 Å². The van der Waals surface area contributed by atoms with E-state index in [9.17, 15) is 22.4 Å². The Morgan fingerprint density at radius 2 is 1.72 bits per heavy atom. The van der Waals surface area contributed by atoms with Gasteiger partial charge in [0.1, 0.15) is 11.4 Å². The normalized spacial score (nSPS) is 24.9. The van der Waals surface area contributed by atoms with Gasteiger partial charge in [0.05, 0.1) is 12.8 Å². The fourth-order valence-corrected chi connectivity index (χ4v) is 4.99. The molecule has 0 aromatic heterocycles. The van der Waals surface area contributed by atoms with Crippen LogP contribution in [0, 0.1) is 5.82 Å². The zero-order valence-corrected chi connectivity index (χ0v) is 17.7. The second-order valence-corrected chi connectivity index (χ2v) is 10.2. The summed E-state index contributed by atoms with van der Waals surface area (Å²) in [5, 5.41) is 3.04. The highest BCUT2D eigenvalue weighted by Crippen LogP contribution is 2.31. The predicted molar refractivity (Wildman–Crippen MR) is 108 cm³/mol. The second kappa shape index (κ2) is 8.39. The molecule has 2 fully saturated rings. The van der Waals surface area contributed by atoms with Crippen LogP contribution in [0.4, 0.5) is 10.1 Å². The number of sulfonamides is 1. The second-order valence-electron chi connectivity index (χ2n) is 8.17. The van der Waals surface area contributed by atoms with E-state index in [2.05, 4.69) is 5.32 Å². The van der Waals surface area contributed by atoms with Gasteiger partial charge >= 0.3 is 0 Å². The van der Waals surface area contributed by atoms with Crippen LogP contribution in [0.1, 0.15) is 45.4 Å². The van der Waals surface area contributed by atoms with Gasteiger partial charge in [0.15, 0.2) is 0 Å². The topological polar surface area (TPSA) is 86.8 Å². The summed E-state index contributed by atoms with van der Waals surface area (Å²) < 4.78 is 38.7. The Hall–Kier alpha value is -2.00. The van der Waals surface area contributed by atoms with Crippen molar-refractivity contribution in [2.75, 3.05) is 24.2 Å². The van der Waals surface area contributed by atoms with Crippen molar-refractivity contribution in [2.45, 2.75) is 57.0 Å². The maximum atomic E-state index is 13.4. The standard InChI is InChI=1S/C20H28FN3O4S/c1-20(19(26)22-16-7-5-3-4-6-8-16)14-23(29(2,27)28)13-18(25)24(20)17-11-9-15(21)10-12-17/h9-12,16H,3-8,13-14H2,1-2H3,(H,22,26)/t20-/m0/s1. The number of carbonyl (C=O) groups is 2. The van der Waals surface area contributed by atoms with E-state index in [1.54, 1.807) is 6.92 Å². The van der Waals surface area contributed by atoms with Crippen LogP contribution in [0.15, 0.2) is 24.3 Å². The maximum absolute atomic E-state index is 13.4. The number of anilines is 1. The largest absolute Gasteiger partial charge is 0.351 e. The number of halogens is 1. The molecule has 3 rings (SSSR count). The van der Waals surface area contributed by atoms with Gasteiger partial charge < -0.3 is 5.32 Å². The lowest BCUT2D eigenvalue weighted by Gasteiger charge is -2.46. The van der Waals surface area contributed by atoms with E-state index in [0.29, 0.717) is 5.69 Å². The van der Waals surface area contributed by atoms with E-state index in [1.165, 1.54) is 29.2 Å². The van der Waals surface area contributed by atoms with Crippen LogP contribution in [-0.2, 0) is 19.6 Å². The molecule has 0 spiro atoms. The zero-order valence-electron chi connectivity index (χ0n) is 16.9. The molecule has 0 unspecified atom stereocenters. The van der Waals surface area contributed by atoms with Gasteiger partial charge in [0.25, 0.3) is 0 Å². The molecule has 1 N–H and O–H groups in total. The molecule has 1 aromatic rings. The van der Waals surface area contributed by atoms with Crippen LogP contribution >= 0.6 is 0 Å². The Morgan fingerprint density at radius 3 is 2.28 bits per heavy atom. The summed E-state index contributed by atoms with van der Waals surface area (Å²) in [5.74, 6) is -1.37. The van der Waals surface area contributed by atoms with E-state index < -0.39 is 33.2 Å². The highest BCUT2D eigenvalue weighted by atomic mass is 32.2. The lowest BCUT2D eigenvalue weighted by molar-refractivity contribution is -0.133. The number of benzene rings is 1. The zero-order chi connectivity index (χ0) is 21.2. The third-order valence-corrected chi connectivity index (χ3v) is 6.97. The van der Waals surface area contributed by atoms with Crippen molar-refractivity contribution in [3.63, 3.8) is 0 Å². The van der Waals surface area contributed by atoms with Crippen LogP contribution in [0.2, 0.25) is 0 Å². The Balaban J connectivity index is 1.95. The lowest BCUT2D eigenvalue weighted by Crippen LogP contribution is -2.70. The molecule has 160 valence electrons. The first kappa shape index (κ1) is 21.7. The Kier molecular flexibility index (Phi) is 6.28. The third kappa shape index (κ3) is 4.78. The minimum absolute atomic E-state index is 0.000560. The third-order valence-electron chi connectivity index (χ3n) is 5.77. The maximum Gasteiger partial charge on any atom is 0.247 e. The molecule has 2 aliphatic rings. The molecule has 0 radical (unpaired) electrons. The average Bonchev–Trinajstić information content (AvgIpc) is 2.90. The molecule has 7 nitrogen and oxygen atoms in total. The van der Waals surface area contributed by atoms with Crippen LogP contribution < -0.4 is 10.2 Å². The fraction of sp³-hybridized carbons (Fsp3) is 0.600. The van der Waals surface area contributed by atoms with E-state index in [-0.39, 0.29) is 19.1 Å². The molecule has 1 aliphatic heterocycles. The van der Waals surface area contributed by atoms with Gasteiger partial charge in [0, 0.05) is 18.3 Å². The molecule has 29 heavy (non-hydrogen) atoms. The number of nitrogens with one attached hydrogen (secondary N) is 1. The van der Waals surface area contributed by atoms with Gasteiger partial charge in [-0.3, -0.25) is 14.5 Å². The fourth-order valence-electron chi connectivity index (χ4n) is 4.16. The van der Waals surface area contributed by atoms with Crippen molar-refractivity contribution in [2.24, 2.45) is 0 Å². The van der Waals surface area contributed by atoms with E-state index >= 15 is 0 Å². The van der Waals surface area contributed by atoms with Crippen LogP contribution in [-0.4, -0.2) is 55.5 Å². The molecule has 2 amide bonds. The van der Waals surface area contributed by atoms with Crippen molar-refractivity contribution in [3.8, 4) is 0 Å². The predicted octanol–water partition coefficient (Wildman–Crippen LogP) is 2.03. The molecule has 1 aliphatic carbocycles. The van der Waals surface area contributed by atoms with Gasteiger partial charge in [-0.1, -0.05) is 25.7 Å². The first-order chi connectivity index (χ1) is 13.6. The van der Waals surface area contributed by atoms with Crippen molar-refractivity contribution in [1.29, 1.82) is 0 Å². The van der Waals surface area contributed by atoms with E-state index in [0.717, 1.165) is 49.1 Å². The average molecular weight is 426 g/mol. The van der Waals surface area contributed by atoms with Gasteiger partial charge in [-0.2, -0.15) is 4.31 Å². The molecule has 1 heterocycles. The number of hydrogen-bond acceptors (Lipinski definition) is 4. The van der Waals surface area contributed by atoms with Crippen molar-refractivity contribution in [3.05, 3.63) is 30.1 Å². The van der Waals surface area contributed by atoms with Crippen LogP contribution in [0.5, 0.6) is 0 Å². The summed E-state index contributed by atoms with van der Waals surface area (Å²) in [4.78, 5) is 27.6. The molecule has 9 heteroatoms. The van der Waals surface area contributed by atoms with Crippen molar-refractivity contribution >= 4 is 27.5 Å². The number of piperazine rings is 1. The Bertz CT molecular complexity index is 866. The molecule has 1 aromatic carbocycles. The summed E-state index contributed by atoms with van der Waals surface area (Å²) in [6.07, 6.45) is 7.06. The van der Waals surface area contributed by atoms with Gasteiger partial charge in [-0.15, -0.1) is 0 Å². The van der Waals surface area contributed by atoms with Gasteiger partial charge in [-0.25, -0.2) is 12.8 Å². The number of nitrogens with zero attached hydrogens (tertiary/aromatic N) is 2. The molecule has 1 saturated heterocycles. The highest BCUT2D eigenvalue weighted by Gasteiger charge is 2.50. The van der Waals surface area contributed by atoms with Crippen molar-refractivity contribution < 1.29 is 22.4 Å². The summed E-state index contributed by atoms with van der Waals surface area (Å²) in [6.45, 7) is 1.05. The van der Waals surface area contributed by atoms with Crippen molar-refractivity contribution in [1.82, 2.24) is 9.62 Å². The Morgan fingerprint density at radius 1 is 1.14 bits per heavy atom. The van der Waals surface area contributed by atoms with E-state index in [1.807, 2.05) is 0 Å². The summed E-state index contributed by atoms with van der Waals surface area (Å²) >= 11 is 0. The summed E-state index contributed by atoms with van der Waals surface area (Å²) in [6, 6.07) is 5.30. The number of rotatable bonds is 4. The molecule has 0 bridgehead atoms. The van der Waals surface area contributed by atoms with Crippen LogP contribution in [0.25, 0.3) is 0 Å². The number of hydrogen-bond donors (Lipinski definition) is 1. The first-order valence-electron chi connectivity index (χ1n) is 9.96. The minimum atomic E-state index is -3.67. The summed E-state index contributed by atoms with van der Waals surface area (Å²) in [5.41, 5.74) is -1.08. The highest BCUT2D eigenvalue weighted by molar-refractivity contribution is 7.88. The number of amides is 2. The quantitative estimate of drug-likeness (QED) is 0.748. The molecule has 1 saturated carbocycles. The molecule has 1 atom stereocenters. The first-order valence-corrected chi connectivity index (χ1v) is 11.8. The molecular formula is C20H28FN3O4S. The SMILES string of the molecule is C[C@@]1(C(=O)NC2CCCCCC2)CN(S(C)(=O)=O)CC(=O)N1c1ccc(F)cc1. The summed E-state index contributed by atoms with van der Waals surface area (Å²) in [7, 11) is -3.67.